The van der Waals surface area contributed by atoms with Crippen molar-refractivity contribution < 1.29 is 19.1 Å². The molecule has 1 aliphatic heterocycles. The molecule has 2 aromatic rings. The predicted molar refractivity (Wildman–Crippen MR) is 116 cm³/mol. The Balaban J connectivity index is 0.000000378. The van der Waals surface area contributed by atoms with Gasteiger partial charge in [-0.05, 0) is 39.0 Å². The molecule has 29 heavy (non-hydrogen) atoms. The molecule has 6 heteroatoms. The molecule has 6 nitrogen and oxygen atoms in total. The van der Waals surface area contributed by atoms with Gasteiger partial charge in [0.15, 0.2) is 12.1 Å². The first-order valence-corrected chi connectivity index (χ1v) is 9.55. The number of rotatable bonds is 3. The summed E-state index contributed by atoms with van der Waals surface area (Å²) in [7, 11) is 0. The Bertz CT molecular complexity index is 643. The van der Waals surface area contributed by atoms with Crippen molar-refractivity contribution in [1.82, 2.24) is 10.3 Å². The van der Waals surface area contributed by atoms with E-state index in [4.69, 9.17) is 9.47 Å². The van der Waals surface area contributed by atoms with E-state index in [0.717, 1.165) is 25.3 Å². The molecule has 1 amide bonds. The largest absolute Gasteiger partial charge is 0.357 e. The quantitative estimate of drug-likeness (QED) is 0.621. The highest BCUT2D eigenvalue weighted by molar-refractivity contribution is 6.04. The van der Waals surface area contributed by atoms with Gasteiger partial charge in [-0.3, -0.25) is 14.6 Å². The van der Waals surface area contributed by atoms with Crippen LogP contribution in [0, 0.1) is 0 Å². The SMILES string of the molecule is C/C=C/C(=O)c1ccccc1.CC1OCCO1.CCNC(C)=O.c1ccncc1. The minimum atomic E-state index is 0.0394. The fraction of sp³-hybridized carbons (Fsp3) is 0.348. The van der Waals surface area contributed by atoms with Crippen molar-refractivity contribution in [1.29, 1.82) is 0 Å². The average molecular weight is 401 g/mol. The number of ketones is 1. The van der Waals surface area contributed by atoms with Crippen molar-refractivity contribution in [2.45, 2.75) is 34.0 Å². The summed E-state index contributed by atoms with van der Waals surface area (Å²) >= 11 is 0. The van der Waals surface area contributed by atoms with Crippen molar-refractivity contribution >= 4 is 11.7 Å². The number of nitrogens with one attached hydrogen (secondary N) is 1. The third-order valence-corrected chi connectivity index (χ3v) is 3.16. The Morgan fingerprint density at radius 3 is 1.90 bits per heavy atom. The fourth-order valence-electron chi connectivity index (χ4n) is 1.89. The van der Waals surface area contributed by atoms with Gasteiger partial charge < -0.3 is 14.8 Å². The average Bonchev–Trinajstić information content (AvgIpc) is 3.22. The molecule has 0 radical (unpaired) electrons. The maximum Gasteiger partial charge on any atom is 0.216 e. The Morgan fingerprint density at radius 2 is 1.62 bits per heavy atom. The second kappa shape index (κ2) is 18.5. The Morgan fingerprint density at radius 1 is 1.07 bits per heavy atom. The summed E-state index contributed by atoms with van der Waals surface area (Å²) in [6.45, 7) is 9.39. The molecule has 158 valence electrons. The van der Waals surface area contributed by atoms with Crippen LogP contribution in [0.2, 0.25) is 0 Å². The van der Waals surface area contributed by atoms with Crippen molar-refractivity contribution in [3.63, 3.8) is 0 Å². The van der Waals surface area contributed by atoms with Gasteiger partial charge in [-0.2, -0.15) is 0 Å². The molecule has 0 spiro atoms. The van der Waals surface area contributed by atoms with E-state index in [-0.39, 0.29) is 18.0 Å². The molecule has 0 bridgehead atoms. The standard InChI is InChI=1S/C10H10O.C5H5N.C4H9NO.C4H8O2/c1-2-6-10(11)9-7-4-3-5-8-9;1-2-4-6-5-3-1;1-3-5-4(2)6;1-4-5-2-3-6-4/h2-8H,1H3;1-5H;3H2,1-2H3,(H,5,6);4H,2-3H2,1H3/b6-2+;;;. The molecule has 1 aromatic carbocycles. The summed E-state index contributed by atoms with van der Waals surface area (Å²) in [4.78, 5) is 24.9. The smallest absolute Gasteiger partial charge is 0.216 e. The van der Waals surface area contributed by atoms with Crippen molar-refractivity contribution in [2.75, 3.05) is 19.8 Å². The minimum Gasteiger partial charge on any atom is -0.357 e. The lowest BCUT2D eigenvalue weighted by Gasteiger charge is -1.94. The van der Waals surface area contributed by atoms with Crippen LogP contribution < -0.4 is 5.32 Å². The van der Waals surface area contributed by atoms with Crippen LogP contribution in [0.4, 0.5) is 0 Å². The Kier molecular flexibility index (Phi) is 16.7. The number of carbonyl (C=O) groups excluding carboxylic acids is 2. The first kappa shape index (κ1) is 26.2. The number of carbonyl (C=O) groups is 2. The van der Waals surface area contributed by atoms with E-state index in [9.17, 15) is 9.59 Å². The topological polar surface area (TPSA) is 77.5 Å². The maximum atomic E-state index is 11.2. The zero-order valence-corrected chi connectivity index (χ0v) is 17.7. The lowest BCUT2D eigenvalue weighted by atomic mass is 10.1. The summed E-state index contributed by atoms with van der Waals surface area (Å²) < 4.78 is 9.86. The number of benzene rings is 1. The van der Waals surface area contributed by atoms with E-state index in [0.29, 0.717) is 0 Å². The van der Waals surface area contributed by atoms with Crippen LogP contribution in [-0.4, -0.2) is 42.7 Å². The lowest BCUT2D eigenvalue weighted by Crippen LogP contribution is -2.18. The molecule has 1 fully saturated rings. The number of nitrogens with zero attached hydrogens (tertiary/aromatic N) is 1. The van der Waals surface area contributed by atoms with Gasteiger partial charge in [0.1, 0.15) is 0 Å². The van der Waals surface area contributed by atoms with Crippen molar-refractivity contribution in [2.24, 2.45) is 0 Å². The third kappa shape index (κ3) is 17.0. The lowest BCUT2D eigenvalue weighted by molar-refractivity contribution is -0.118. The number of ether oxygens (including phenoxy) is 2. The highest BCUT2D eigenvalue weighted by atomic mass is 16.7. The van der Waals surface area contributed by atoms with E-state index >= 15 is 0 Å². The van der Waals surface area contributed by atoms with Crippen LogP contribution in [0.1, 0.15) is 38.1 Å². The van der Waals surface area contributed by atoms with Gasteiger partial charge in [0, 0.05) is 31.4 Å². The van der Waals surface area contributed by atoms with E-state index in [1.54, 1.807) is 24.5 Å². The molecule has 1 aromatic heterocycles. The van der Waals surface area contributed by atoms with Crippen LogP contribution in [0.25, 0.3) is 0 Å². The molecule has 0 atom stereocenters. The zero-order valence-electron chi connectivity index (χ0n) is 17.7. The van der Waals surface area contributed by atoms with E-state index in [1.807, 2.05) is 69.3 Å². The summed E-state index contributed by atoms with van der Waals surface area (Å²) in [6.07, 6.45) is 6.86. The molecule has 1 N–H and O–H groups in total. The number of allylic oxidation sites excluding steroid dienone is 2. The molecule has 0 saturated carbocycles. The van der Waals surface area contributed by atoms with Gasteiger partial charge in [0.05, 0.1) is 13.2 Å². The van der Waals surface area contributed by atoms with Gasteiger partial charge in [0.2, 0.25) is 5.91 Å². The third-order valence-electron chi connectivity index (χ3n) is 3.16. The second-order valence-electron chi connectivity index (χ2n) is 5.65. The van der Waals surface area contributed by atoms with Gasteiger partial charge in [-0.1, -0.05) is 42.5 Å². The van der Waals surface area contributed by atoms with E-state index in [2.05, 4.69) is 10.3 Å². The maximum absolute atomic E-state index is 11.2. The molecular weight excluding hydrogens is 368 g/mol. The van der Waals surface area contributed by atoms with Gasteiger partial charge in [-0.25, -0.2) is 0 Å². The molecule has 2 heterocycles. The molecule has 1 saturated heterocycles. The van der Waals surface area contributed by atoms with Gasteiger partial charge >= 0.3 is 0 Å². The van der Waals surface area contributed by atoms with Crippen molar-refractivity contribution in [3.05, 3.63) is 78.6 Å². The Hall–Kier alpha value is -2.83. The second-order valence-corrected chi connectivity index (χ2v) is 5.65. The van der Waals surface area contributed by atoms with Gasteiger partial charge in [0.25, 0.3) is 0 Å². The number of hydrogen-bond donors (Lipinski definition) is 1. The summed E-state index contributed by atoms with van der Waals surface area (Å²) in [5.74, 6) is 0.102. The van der Waals surface area contributed by atoms with E-state index < -0.39 is 0 Å². The first-order chi connectivity index (χ1) is 14.0. The van der Waals surface area contributed by atoms with Crippen molar-refractivity contribution in [3.8, 4) is 0 Å². The Labute approximate surface area is 174 Å². The highest BCUT2D eigenvalue weighted by Gasteiger charge is 2.07. The molecule has 0 aliphatic carbocycles. The first-order valence-electron chi connectivity index (χ1n) is 9.55. The van der Waals surface area contributed by atoms with Crippen LogP contribution in [0.15, 0.2) is 73.1 Å². The van der Waals surface area contributed by atoms with E-state index in [1.165, 1.54) is 6.92 Å². The molecular formula is C23H32N2O4. The monoisotopic (exact) mass is 400 g/mol. The summed E-state index contributed by atoms with van der Waals surface area (Å²) in [5.41, 5.74) is 0.741. The molecule has 0 unspecified atom stereocenters. The molecule has 1 aliphatic rings. The number of hydrogen-bond acceptors (Lipinski definition) is 5. The minimum absolute atomic E-state index is 0.0394. The normalized spacial score (nSPS) is 12.4. The van der Waals surface area contributed by atoms with Crippen LogP contribution in [0.3, 0.4) is 0 Å². The zero-order chi connectivity index (χ0) is 21.7. The van der Waals surface area contributed by atoms with Crippen LogP contribution >= 0.6 is 0 Å². The number of amides is 1. The highest BCUT2D eigenvalue weighted by Crippen LogP contribution is 2.00. The number of pyridine rings is 1. The summed E-state index contributed by atoms with van der Waals surface area (Å²) in [5, 5.41) is 2.57. The fourth-order valence-corrected chi connectivity index (χ4v) is 1.89. The predicted octanol–water partition coefficient (Wildman–Crippen LogP) is 4.05. The van der Waals surface area contributed by atoms with Crippen LogP contribution in [-0.2, 0) is 14.3 Å². The number of aromatic nitrogens is 1. The molecule has 3 rings (SSSR count). The van der Waals surface area contributed by atoms with Crippen LogP contribution in [0.5, 0.6) is 0 Å². The summed E-state index contributed by atoms with van der Waals surface area (Å²) in [6, 6.07) is 14.9. The van der Waals surface area contributed by atoms with Gasteiger partial charge in [-0.15, -0.1) is 0 Å².